The molecule has 10 nitrogen and oxygen atoms in total. The second-order valence-electron chi connectivity index (χ2n) is 10.5. The number of nitrogens with one attached hydrogen (secondary N) is 3. The summed E-state index contributed by atoms with van der Waals surface area (Å²) in [6.45, 7) is 5.64. The minimum atomic E-state index is -0.680. The van der Waals surface area contributed by atoms with E-state index < -0.39 is 35.4 Å². The predicted octanol–water partition coefficient (Wildman–Crippen LogP) is 3.58. The van der Waals surface area contributed by atoms with Crippen LogP contribution in [0.4, 0.5) is 20.7 Å². The number of fused-ring (bicyclic) bond motifs is 2. The van der Waals surface area contributed by atoms with Crippen LogP contribution in [0.5, 0.6) is 0 Å². The summed E-state index contributed by atoms with van der Waals surface area (Å²) in [7, 11) is 0. The van der Waals surface area contributed by atoms with Crippen LogP contribution in [0.25, 0.3) is 0 Å². The van der Waals surface area contributed by atoms with Crippen molar-refractivity contribution in [1.82, 2.24) is 15.3 Å². The molecular weight excluding hydrogens is 503 g/mol. The summed E-state index contributed by atoms with van der Waals surface area (Å²) >= 11 is 5.82. The highest BCUT2D eigenvalue weighted by Gasteiger charge is 2.55. The molecule has 4 rings (SSSR count). The van der Waals surface area contributed by atoms with Crippen LogP contribution in [0.2, 0.25) is 5.28 Å². The zero-order chi connectivity index (χ0) is 26.9. The van der Waals surface area contributed by atoms with E-state index in [-0.39, 0.29) is 34.8 Å². The molecule has 2 aliphatic rings. The number of benzene rings is 1. The first-order valence-electron chi connectivity index (χ1n) is 12.0. The van der Waals surface area contributed by atoms with Gasteiger partial charge in [0, 0.05) is 23.8 Å². The van der Waals surface area contributed by atoms with Gasteiger partial charge in [0.05, 0.1) is 12.1 Å². The topological polar surface area (TPSA) is 148 Å². The number of amides is 3. The lowest BCUT2D eigenvalue weighted by atomic mass is 9.77. The number of carbonyl (C=O) groups excluding carboxylic acids is 3. The van der Waals surface area contributed by atoms with Gasteiger partial charge in [0.1, 0.15) is 5.60 Å². The minimum absolute atomic E-state index is 0.0172. The first-order chi connectivity index (χ1) is 17.4. The Morgan fingerprint density at radius 3 is 2.70 bits per heavy atom. The Hall–Kier alpha value is -3.47. The summed E-state index contributed by atoms with van der Waals surface area (Å²) in [5.74, 6) is -1.98. The molecule has 0 aliphatic heterocycles. The number of rotatable bonds is 7. The third kappa shape index (κ3) is 6.27. The normalized spacial score (nSPS) is 24.4. The number of ether oxygens (including phenoxy) is 1. The number of primary amides is 1. The third-order valence-electron chi connectivity index (χ3n) is 6.78. The van der Waals surface area contributed by atoms with Crippen LogP contribution in [0, 0.1) is 29.5 Å². The van der Waals surface area contributed by atoms with E-state index in [0.717, 1.165) is 12.6 Å². The van der Waals surface area contributed by atoms with Gasteiger partial charge in [-0.15, -0.1) is 0 Å². The zero-order valence-corrected chi connectivity index (χ0v) is 21.5. The Labute approximate surface area is 218 Å². The molecule has 2 aromatic rings. The second-order valence-corrected chi connectivity index (χ2v) is 10.8. The van der Waals surface area contributed by atoms with E-state index in [0.29, 0.717) is 24.2 Å². The number of anilines is 2. The average Bonchev–Trinajstić information content (AvgIpc) is 3.37. The van der Waals surface area contributed by atoms with Crippen molar-refractivity contribution in [2.75, 3.05) is 17.2 Å². The van der Waals surface area contributed by atoms with Crippen molar-refractivity contribution >= 4 is 41.0 Å². The van der Waals surface area contributed by atoms with E-state index in [9.17, 15) is 18.8 Å². The molecule has 1 aromatic carbocycles. The highest BCUT2D eigenvalue weighted by molar-refractivity contribution is 6.28. The standard InChI is InChI=1S/C25H30ClFN6O4/c1-25(2,3)37-24(36)31-15-6-4-5-12(8-15)22(35)29-10-14-7-13-9-16(14)19(18(13)20(28)34)32-21-17(27)11-30-23(26)33-21/h4-6,8,11,13-14,16,18-19H,7,9-10H2,1-3H3,(H2,28,34)(H,29,35)(H,31,36)(H,30,32,33)/t13-,14+,16-,18+,19-/m1/s1. The molecule has 2 bridgehead atoms. The number of aromatic nitrogens is 2. The largest absolute Gasteiger partial charge is 0.444 e. The van der Waals surface area contributed by atoms with Crippen LogP contribution >= 0.6 is 11.6 Å². The molecular formula is C25H30ClFN6O4. The van der Waals surface area contributed by atoms with Gasteiger partial charge >= 0.3 is 6.09 Å². The molecule has 0 saturated heterocycles. The number of nitrogens with two attached hydrogens (primary N) is 1. The molecule has 0 unspecified atom stereocenters. The number of carbonyl (C=O) groups is 3. The molecule has 5 N–H and O–H groups in total. The number of hydrogen-bond acceptors (Lipinski definition) is 7. The van der Waals surface area contributed by atoms with Gasteiger partial charge in [-0.05, 0) is 81.2 Å². The summed E-state index contributed by atoms with van der Waals surface area (Å²) in [6, 6.07) is 6.09. The summed E-state index contributed by atoms with van der Waals surface area (Å²) in [5, 5.41) is 8.48. The molecule has 1 heterocycles. The van der Waals surface area contributed by atoms with Gasteiger partial charge in [-0.2, -0.15) is 4.98 Å². The highest BCUT2D eigenvalue weighted by Crippen LogP contribution is 2.52. The molecule has 2 fully saturated rings. The molecule has 1 aromatic heterocycles. The van der Waals surface area contributed by atoms with Gasteiger partial charge in [0.2, 0.25) is 11.2 Å². The molecule has 3 amide bonds. The third-order valence-corrected chi connectivity index (χ3v) is 6.97. The highest BCUT2D eigenvalue weighted by atomic mass is 35.5. The van der Waals surface area contributed by atoms with E-state index >= 15 is 0 Å². The smallest absolute Gasteiger partial charge is 0.412 e. The van der Waals surface area contributed by atoms with Gasteiger partial charge in [-0.3, -0.25) is 14.9 Å². The zero-order valence-electron chi connectivity index (χ0n) is 20.8. The summed E-state index contributed by atoms with van der Waals surface area (Å²) in [4.78, 5) is 44.7. The maximum absolute atomic E-state index is 14.3. The Morgan fingerprint density at radius 1 is 1.24 bits per heavy atom. The molecule has 198 valence electrons. The molecule has 12 heteroatoms. The summed E-state index contributed by atoms with van der Waals surface area (Å²) in [5.41, 5.74) is 5.84. The monoisotopic (exact) mass is 532 g/mol. The lowest BCUT2D eigenvalue weighted by molar-refractivity contribution is -0.123. The van der Waals surface area contributed by atoms with Crippen LogP contribution in [0.3, 0.4) is 0 Å². The van der Waals surface area contributed by atoms with Crippen LogP contribution in [-0.2, 0) is 9.53 Å². The first-order valence-corrected chi connectivity index (χ1v) is 12.4. The van der Waals surface area contributed by atoms with Gasteiger partial charge in [0.25, 0.3) is 5.91 Å². The van der Waals surface area contributed by atoms with Crippen molar-refractivity contribution in [2.45, 2.75) is 45.3 Å². The van der Waals surface area contributed by atoms with Crippen molar-refractivity contribution in [3.8, 4) is 0 Å². The summed E-state index contributed by atoms with van der Waals surface area (Å²) in [6.07, 6.45) is 1.79. The number of nitrogens with zero attached hydrogens (tertiary/aromatic N) is 2. The molecule has 0 spiro atoms. The minimum Gasteiger partial charge on any atom is -0.444 e. The van der Waals surface area contributed by atoms with Crippen LogP contribution in [0.1, 0.15) is 44.0 Å². The lowest BCUT2D eigenvalue weighted by Crippen LogP contribution is -2.47. The Morgan fingerprint density at radius 2 is 2.00 bits per heavy atom. The Kier molecular flexibility index (Phi) is 7.54. The van der Waals surface area contributed by atoms with E-state index in [1.807, 2.05) is 0 Å². The lowest BCUT2D eigenvalue weighted by Gasteiger charge is -2.35. The van der Waals surface area contributed by atoms with Crippen LogP contribution in [0.15, 0.2) is 30.5 Å². The average molecular weight is 533 g/mol. The van der Waals surface area contributed by atoms with E-state index in [4.69, 9.17) is 22.1 Å². The fourth-order valence-electron chi connectivity index (χ4n) is 5.43. The first kappa shape index (κ1) is 26.6. The van der Waals surface area contributed by atoms with Crippen LogP contribution in [-0.4, -0.2) is 46.1 Å². The van der Waals surface area contributed by atoms with Crippen molar-refractivity contribution in [3.63, 3.8) is 0 Å². The fraction of sp³-hybridized carbons (Fsp3) is 0.480. The Balaban J connectivity index is 1.40. The molecule has 2 aliphatic carbocycles. The van der Waals surface area contributed by atoms with E-state index in [2.05, 4.69) is 25.9 Å². The Bertz CT molecular complexity index is 1210. The molecule has 2 saturated carbocycles. The van der Waals surface area contributed by atoms with Crippen LogP contribution < -0.4 is 21.7 Å². The van der Waals surface area contributed by atoms with E-state index in [1.54, 1.807) is 45.0 Å². The SMILES string of the molecule is CC(C)(C)OC(=O)Nc1cccc(C(=O)NC[C@@H]2C[C@@H]3C[C@H]2[C@@H](Nc2nc(Cl)ncc2F)[C@H]3C(N)=O)c1. The molecule has 0 radical (unpaired) electrons. The quantitative estimate of drug-likeness (QED) is 0.398. The fourth-order valence-corrected chi connectivity index (χ4v) is 5.56. The number of hydrogen-bond donors (Lipinski definition) is 4. The number of halogens is 2. The molecule has 5 atom stereocenters. The van der Waals surface area contributed by atoms with Crippen molar-refractivity contribution in [1.29, 1.82) is 0 Å². The maximum atomic E-state index is 14.3. The van der Waals surface area contributed by atoms with Crippen molar-refractivity contribution in [2.24, 2.45) is 29.4 Å². The van der Waals surface area contributed by atoms with Crippen molar-refractivity contribution in [3.05, 3.63) is 47.1 Å². The predicted molar refractivity (Wildman–Crippen MR) is 135 cm³/mol. The van der Waals surface area contributed by atoms with Gasteiger partial charge in [-0.25, -0.2) is 14.2 Å². The van der Waals surface area contributed by atoms with Gasteiger partial charge < -0.3 is 21.1 Å². The van der Waals surface area contributed by atoms with Gasteiger partial charge in [-0.1, -0.05) is 6.07 Å². The maximum Gasteiger partial charge on any atom is 0.412 e. The summed E-state index contributed by atoms with van der Waals surface area (Å²) < 4.78 is 19.5. The van der Waals surface area contributed by atoms with Gasteiger partial charge in [0.15, 0.2) is 11.6 Å². The van der Waals surface area contributed by atoms with Crippen molar-refractivity contribution < 1.29 is 23.5 Å². The van der Waals surface area contributed by atoms with E-state index in [1.165, 1.54) is 0 Å². The molecule has 37 heavy (non-hydrogen) atoms. The second kappa shape index (κ2) is 10.5.